The second kappa shape index (κ2) is 8.36. The summed E-state index contributed by atoms with van der Waals surface area (Å²) in [6, 6.07) is 9.40. The fourth-order valence-corrected chi connectivity index (χ4v) is 5.24. The Morgan fingerprint density at radius 2 is 1.79 bits per heavy atom. The molecule has 8 heteroatoms. The number of thiophene rings is 1. The third-order valence-electron chi connectivity index (χ3n) is 5.85. The van der Waals surface area contributed by atoms with Crippen molar-refractivity contribution in [3.05, 3.63) is 52.2 Å². The van der Waals surface area contributed by atoms with Gasteiger partial charge in [0.05, 0.1) is 5.56 Å². The summed E-state index contributed by atoms with van der Waals surface area (Å²) in [6.07, 6.45) is 0.933. The lowest BCUT2D eigenvalue weighted by Gasteiger charge is -2.48. The van der Waals surface area contributed by atoms with Crippen LogP contribution in [-0.4, -0.2) is 29.1 Å². The van der Waals surface area contributed by atoms with E-state index in [1.54, 1.807) is 11.3 Å². The lowest BCUT2D eigenvalue weighted by atomic mass is 9.81. The molecule has 1 aromatic carbocycles. The van der Waals surface area contributed by atoms with Gasteiger partial charge in [-0.15, -0.1) is 11.3 Å². The summed E-state index contributed by atoms with van der Waals surface area (Å²) in [4.78, 5) is 16.3. The van der Waals surface area contributed by atoms with Gasteiger partial charge in [0.25, 0.3) is 0 Å². The van der Waals surface area contributed by atoms with E-state index in [4.69, 9.17) is 0 Å². The Kier molecular flexibility index (Phi) is 5.83. The minimum absolute atomic E-state index is 0.0827. The smallest absolute Gasteiger partial charge is 0.335 e. The Bertz CT molecular complexity index is 809. The highest BCUT2D eigenvalue weighted by Crippen LogP contribution is 2.36. The Morgan fingerprint density at radius 3 is 2.38 bits per heavy atom. The number of nitrogens with one attached hydrogen (secondary N) is 2. The minimum atomic E-state index is -4.38. The average Bonchev–Trinajstić information content (AvgIpc) is 3.15. The third kappa shape index (κ3) is 4.93. The van der Waals surface area contributed by atoms with Gasteiger partial charge in [-0.3, -0.25) is 4.90 Å². The molecule has 0 radical (unpaired) electrons. The fraction of sp³-hybridized carbons (Fsp3) is 0.476. The van der Waals surface area contributed by atoms with Crippen molar-refractivity contribution in [2.24, 2.45) is 0 Å². The van der Waals surface area contributed by atoms with Crippen molar-refractivity contribution < 1.29 is 18.0 Å². The molecule has 29 heavy (non-hydrogen) atoms. The zero-order valence-electron chi connectivity index (χ0n) is 15.9. The van der Waals surface area contributed by atoms with Crippen LogP contribution >= 0.6 is 11.3 Å². The van der Waals surface area contributed by atoms with Crippen molar-refractivity contribution in [1.82, 2.24) is 10.2 Å². The summed E-state index contributed by atoms with van der Waals surface area (Å²) in [5, 5.41) is 7.78. The second-order valence-electron chi connectivity index (χ2n) is 7.83. The van der Waals surface area contributed by atoms with E-state index in [1.807, 2.05) is 0 Å². The molecule has 4 rings (SSSR count). The van der Waals surface area contributed by atoms with Gasteiger partial charge in [-0.1, -0.05) is 12.5 Å². The van der Waals surface area contributed by atoms with Gasteiger partial charge in [0.2, 0.25) is 0 Å². The molecule has 0 aliphatic carbocycles. The van der Waals surface area contributed by atoms with E-state index in [9.17, 15) is 18.0 Å². The molecule has 3 heterocycles. The molecule has 4 nitrogen and oxygen atoms in total. The predicted molar refractivity (Wildman–Crippen MR) is 108 cm³/mol. The summed E-state index contributed by atoms with van der Waals surface area (Å²) in [6.45, 7) is 0.970. The minimum Gasteiger partial charge on any atom is -0.335 e. The summed E-state index contributed by atoms with van der Waals surface area (Å²) in [5.74, 6) is 0. The van der Waals surface area contributed by atoms with Crippen LogP contribution in [0, 0.1) is 0 Å². The molecule has 2 aliphatic heterocycles. The average molecular weight is 424 g/mol. The number of carbonyl (C=O) groups excluding carboxylic acids is 1. The first-order valence-electron chi connectivity index (χ1n) is 9.91. The first-order valence-corrected chi connectivity index (χ1v) is 10.8. The van der Waals surface area contributed by atoms with Gasteiger partial charge in [0.15, 0.2) is 0 Å². The van der Waals surface area contributed by atoms with Gasteiger partial charge >= 0.3 is 12.2 Å². The maximum Gasteiger partial charge on any atom is 0.416 e. The van der Waals surface area contributed by atoms with Crippen LogP contribution < -0.4 is 10.6 Å². The SMILES string of the molecule is O=C(Nc1ccc(C(F)(F)F)cc1)NC1C[C@@H]2CCC[C@@H](C1)N2Cc1cccs1. The maximum absolute atomic E-state index is 12.7. The second-order valence-corrected chi connectivity index (χ2v) is 8.86. The number of halogens is 3. The third-order valence-corrected chi connectivity index (χ3v) is 6.71. The molecule has 1 aromatic heterocycles. The van der Waals surface area contributed by atoms with Gasteiger partial charge in [-0.2, -0.15) is 13.2 Å². The van der Waals surface area contributed by atoms with E-state index >= 15 is 0 Å². The van der Waals surface area contributed by atoms with Crippen LogP contribution in [0.4, 0.5) is 23.7 Å². The number of fused-ring (bicyclic) bond motifs is 2. The molecule has 0 unspecified atom stereocenters. The quantitative estimate of drug-likeness (QED) is 0.685. The molecule has 2 amide bonds. The number of nitrogens with zero attached hydrogens (tertiary/aromatic N) is 1. The molecule has 0 spiro atoms. The number of hydrogen-bond acceptors (Lipinski definition) is 3. The summed E-state index contributed by atoms with van der Waals surface area (Å²) in [5.41, 5.74) is -0.375. The standard InChI is InChI=1S/C21H24F3N3OS/c22-21(23,24)14-6-8-15(9-7-14)25-20(28)26-16-11-17-3-1-4-18(12-16)27(17)13-19-5-2-10-29-19/h2,5-10,16-18H,1,3-4,11-13H2,(H2,25,26,28)/t17-,18-/m0/s1. The first kappa shape index (κ1) is 20.2. The molecule has 156 valence electrons. The van der Waals surface area contributed by atoms with Crippen molar-refractivity contribution >= 4 is 23.1 Å². The molecular formula is C21H24F3N3OS. The zero-order chi connectivity index (χ0) is 20.4. The molecule has 2 atom stereocenters. The van der Waals surface area contributed by atoms with Crippen LogP contribution in [0.5, 0.6) is 0 Å². The van der Waals surface area contributed by atoms with Crippen LogP contribution in [-0.2, 0) is 12.7 Å². The molecule has 2 aliphatic rings. The van der Waals surface area contributed by atoms with Crippen LogP contribution in [0.1, 0.15) is 42.5 Å². The van der Waals surface area contributed by atoms with Crippen molar-refractivity contribution in [3.8, 4) is 0 Å². The van der Waals surface area contributed by atoms with Crippen molar-refractivity contribution in [3.63, 3.8) is 0 Å². The molecule has 2 fully saturated rings. The lowest BCUT2D eigenvalue weighted by molar-refractivity contribution is -0.137. The normalized spacial score (nSPS) is 24.9. The predicted octanol–water partition coefficient (Wildman–Crippen LogP) is 5.47. The molecule has 2 saturated heterocycles. The number of alkyl halides is 3. The summed E-state index contributed by atoms with van der Waals surface area (Å²) in [7, 11) is 0. The van der Waals surface area contributed by atoms with E-state index in [0.717, 1.165) is 44.4 Å². The van der Waals surface area contributed by atoms with E-state index in [-0.39, 0.29) is 12.1 Å². The first-order chi connectivity index (χ1) is 13.9. The van der Waals surface area contributed by atoms with Gasteiger partial charge in [-0.25, -0.2) is 4.79 Å². The molecular weight excluding hydrogens is 399 g/mol. The number of piperidine rings is 2. The molecule has 2 N–H and O–H groups in total. The number of amides is 2. The van der Waals surface area contributed by atoms with Crippen LogP contribution in [0.3, 0.4) is 0 Å². The van der Waals surface area contributed by atoms with Crippen LogP contribution in [0.15, 0.2) is 41.8 Å². The number of rotatable bonds is 4. The number of benzene rings is 1. The fourth-order valence-electron chi connectivity index (χ4n) is 4.53. The van der Waals surface area contributed by atoms with E-state index in [2.05, 4.69) is 33.0 Å². The van der Waals surface area contributed by atoms with Crippen molar-refractivity contribution in [2.75, 3.05) is 5.32 Å². The van der Waals surface area contributed by atoms with Crippen molar-refractivity contribution in [1.29, 1.82) is 0 Å². The number of anilines is 1. The van der Waals surface area contributed by atoms with Gasteiger partial charge in [-0.05, 0) is 61.4 Å². The molecule has 2 aromatic rings. The summed E-state index contributed by atoms with van der Waals surface area (Å²) >= 11 is 1.78. The number of hydrogen-bond donors (Lipinski definition) is 2. The Morgan fingerprint density at radius 1 is 1.10 bits per heavy atom. The molecule has 2 bridgehead atoms. The van der Waals surface area contributed by atoms with Gasteiger partial charge in [0, 0.05) is 35.2 Å². The Hall–Kier alpha value is -2.06. The van der Waals surface area contributed by atoms with Gasteiger partial charge < -0.3 is 10.6 Å². The Balaban J connectivity index is 1.32. The van der Waals surface area contributed by atoms with E-state index in [1.165, 1.54) is 23.4 Å². The van der Waals surface area contributed by atoms with E-state index < -0.39 is 11.7 Å². The number of urea groups is 1. The van der Waals surface area contributed by atoms with Crippen LogP contribution in [0.2, 0.25) is 0 Å². The zero-order valence-corrected chi connectivity index (χ0v) is 16.7. The summed E-state index contributed by atoms with van der Waals surface area (Å²) < 4.78 is 38.0. The maximum atomic E-state index is 12.7. The topological polar surface area (TPSA) is 44.4 Å². The molecule has 0 saturated carbocycles. The van der Waals surface area contributed by atoms with Crippen molar-refractivity contribution in [2.45, 2.75) is 63.0 Å². The highest BCUT2D eigenvalue weighted by Gasteiger charge is 2.38. The Labute approximate surface area is 172 Å². The lowest BCUT2D eigenvalue weighted by Crippen LogP contribution is -2.56. The van der Waals surface area contributed by atoms with Crippen LogP contribution in [0.25, 0.3) is 0 Å². The largest absolute Gasteiger partial charge is 0.416 e. The monoisotopic (exact) mass is 423 g/mol. The highest BCUT2D eigenvalue weighted by molar-refractivity contribution is 7.09. The van der Waals surface area contributed by atoms with E-state index in [0.29, 0.717) is 17.8 Å². The highest BCUT2D eigenvalue weighted by atomic mass is 32.1. The number of carbonyl (C=O) groups is 1. The van der Waals surface area contributed by atoms with Gasteiger partial charge in [0.1, 0.15) is 0 Å².